The van der Waals surface area contributed by atoms with Crippen LogP contribution >= 0.6 is 15.9 Å². The summed E-state index contributed by atoms with van der Waals surface area (Å²) < 4.78 is 14.1. The number of ether oxygens (including phenoxy) is 2. The third kappa shape index (κ3) is 4.90. The van der Waals surface area contributed by atoms with E-state index in [1.807, 2.05) is 54.1 Å². The molecule has 32 heavy (non-hydrogen) atoms. The number of aromatic nitrogens is 3. The highest BCUT2D eigenvalue weighted by molar-refractivity contribution is 9.10. The van der Waals surface area contributed by atoms with E-state index in [4.69, 9.17) is 14.5 Å². The van der Waals surface area contributed by atoms with Crippen molar-refractivity contribution in [3.8, 4) is 11.5 Å². The predicted molar refractivity (Wildman–Crippen MR) is 128 cm³/mol. The number of amides is 1. The van der Waals surface area contributed by atoms with Crippen molar-refractivity contribution in [2.45, 2.75) is 0 Å². The number of carbonyl (C=O) groups excluding carboxylic acids is 1. The summed E-state index contributed by atoms with van der Waals surface area (Å²) >= 11 is 3.44. The minimum absolute atomic E-state index is 0.407. The molecule has 0 radical (unpaired) electrons. The average molecular weight is 496 g/mol. The Labute approximate surface area is 193 Å². The molecule has 1 N–H and O–H groups in total. The lowest BCUT2D eigenvalue weighted by Crippen LogP contribution is -2.26. The van der Waals surface area contributed by atoms with Crippen molar-refractivity contribution < 1.29 is 14.3 Å². The number of pyridine rings is 1. The highest BCUT2D eigenvalue weighted by Gasteiger charge is 2.11. The Morgan fingerprint density at radius 1 is 1.12 bits per heavy atom. The molecule has 0 atom stereocenters. The molecular weight excluding hydrogens is 474 g/mol. The fraction of sp³-hybridized carbons (Fsp3) is 0.174. The van der Waals surface area contributed by atoms with Crippen molar-refractivity contribution in [3.63, 3.8) is 0 Å². The van der Waals surface area contributed by atoms with Crippen LogP contribution in [0.15, 0.2) is 65.3 Å². The van der Waals surface area contributed by atoms with Crippen molar-refractivity contribution in [1.82, 2.24) is 14.5 Å². The molecule has 164 valence electrons. The van der Waals surface area contributed by atoms with Gasteiger partial charge in [0.05, 0.1) is 24.2 Å². The summed E-state index contributed by atoms with van der Waals surface area (Å²) in [5.74, 6) is 2.43. The Balaban J connectivity index is 1.55. The number of aryl methyl sites for hydroxylation is 1. The SMILES string of the molecule is COCCN(C=O)c1cc(Oc2ccc3c(c2)nc(Nc2ccc(Br)cc2)n3C)ccn1. The Morgan fingerprint density at radius 3 is 2.66 bits per heavy atom. The molecule has 2 heterocycles. The number of hydrogen-bond donors (Lipinski definition) is 1. The smallest absolute Gasteiger partial charge is 0.215 e. The van der Waals surface area contributed by atoms with Crippen LogP contribution < -0.4 is 15.0 Å². The molecule has 4 aromatic rings. The first-order valence-electron chi connectivity index (χ1n) is 9.91. The minimum Gasteiger partial charge on any atom is -0.457 e. The summed E-state index contributed by atoms with van der Waals surface area (Å²) in [5, 5.41) is 3.33. The van der Waals surface area contributed by atoms with Gasteiger partial charge in [0.25, 0.3) is 0 Å². The maximum atomic E-state index is 11.4. The van der Waals surface area contributed by atoms with Gasteiger partial charge in [-0.3, -0.25) is 9.69 Å². The molecule has 0 bridgehead atoms. The fourth-order valence-corrected chi connectivity index (χ4v) is 3.45. The number of benzene rings is 2. The van der Waals surface area contributed by atoms with Crippen LogP contribution in [0.1, 0.15) is 0 Å². The zero-order valence-electron chi connectivity index (χ0n) is 17.7. The number of carbonyl (C=O) groups is 1. The van der Waals surface area contributed by atoms with Crippen molar-refractivity contribution in [1.29, 1.82) is 0 Å². The standard InChI is InChI=1S/C23H22BrN5O3/c1-28-21-8-7-18(13-20(21)27-23(28)26-17-5-3-16(24)4-6-17)32-19-9-10-25-22(14-19)29(15-30)11-12-31-2/h3-10,13-15H,11-12H2,1-2H3,(H,26,27). The van der Waals surface area contributed by atoms with Crippen LogP contribution in [0.3, 0.4) is 0 Å². The molecule has 4 rings (SSSR count). The molecule has 2 aromatic carbocycles. The second kappa shape index (κ2) is 9.80. The molecule has 1 amide bonds. The third-order valence-corrected chi connectivity index (χ3v) is 5.39. The van der Waals surface area contributed by atoms with E-state index in [9.17, 15) is 4.79 Å². The summed E-state index contributed by atoms with van der Waals surface area (Å²) in [7, 11) is 3.55. The summed E-state index contributed by atoms with van der Waals surface area (Å²) in [6, 6.07) is 17.1. The van der Waals surface area contributed by atoms with Gasteiger partial charge in [-0.1, -0.05) is 15.9 Å². The van der Waals surface area contributed by atoms with Crippen LogP contribution in [0.25, 0.3) is 11.0 Å². The molecule has 0 spiro atoms. The highest BCUT2D eigenvalue weighted by atomic mass is 79.9. The van der Waals surface area contributed by atoms with E-state index in [0.717, 1.165) is 33.6 Å². The first-order valence-corrected chi connectivity index (χ1v) is 10.7. The van der Waals surface area contributed by atoms with Crippen LogP contribution in [-0.2, 0) is 16.6 Å². The molecule has 0 aliphatic heterocycles. The highest BCUT2D eigenvalue weighted by Crippen LogP contribution is 2.29. The molecule has 0 aliphatic rings. The Morgan fingerprint density at radius 2 is 1.91 bits per heavy atom. The third-order valence-electron chi connectivity index (χ3n) is 4.86. The number of halogens is 1. The van der Waals surface area contributed by atoms with E-state index < -0.39 is 0 Å². The van der Waals surface area contributed by atoms with Gasteiger partial charge in [-0.25, -0.2) is 9.97 Å². The zero-order chi connectivity index (χ0) is 22.5. The largest absolute Gasteiger partial charge is 0.457 e. The number of imidazole rings is 1. The molecular formula is C23H22BrN5O3. The quantitative estimate of drug-likeness (QED) is 0.333. The van der Waals surface area contributed by atoms with Gasteiger partial charge in [0.1, 0.15) is 17.3 Å². The molecule has 0 unspecified atom stereocenters. The normalized spacial score (nSPS) is 10.8. The maximum absolute atomic E-state index is 11.4. The lowest BCUT2D eigenvalue weighted by Gasteiger charge is -2.16. The zero-order valence-corrected chi connectivity index (χ0v) is 19.2. The van der Waals surface area contributed by atoms with Crippen LogP contribution in [0.4, 0.5) is 17.5 Å². The monoisotopic (exact) mass is 495 g/mol. The average Bonchev–Trinajstić information content (AvgIpc) is 3.10. The fourth-order valence-electron chi connectivity index (χ4n) is 3.18. The van der Waals surface area contributed by atoms with Crippen LogP contribution in [0.2, 0.25) is 0 Å². The van der Waals surface area contributed by atoms with E-state index in [1.165, 1.54) is 4.90 Å². The van der Waals surface area contributed by atoms with E-state index in [1.54, 1.807) is 25.4 Å². The molecule has 9 heteroatoms. The molecule has 8 nitrogen and oxygen atoms in total. The summed E-state index contributed by atoms with van der Waals surface area (Å²) in [6.07, 6.45) is 2.33. The van der Waals surface area contributed by atoms with Crippen molar-refractivity contribution in [2.75, 3.05) is 30.5 Å². The number of fused-ring (bicyclic) bond motifs is 1. The summed E-state index contributed by atoms with van der Waals surface area (Å²) in [6.45, 7) is 0.822. The summed E-state index contributed by atoms with van der Waals surface area (Å²) in [5.41, 5.74) is 2.72. The van der Waals surface area contributed by atoms with Crippen LogP contribution in [0, 0.1) is 0 Å². The van der Waals surface area contributed by atoms with Gasteiger partial charge in [0.2, 0.25) is 12.4 Å². The topological polar surface area (TPSA) is 81.5 Å². The van der Waals surface area contributed by atoms with Crippen molar-refractivity contribution >= 4 is 50.8 Å². The Hall–Kier alpha value is -3.43. The van der Waals surface area contributed by atoms with E-state index in [-0.39, 0.29) is 0 Å². The first kappa shape index (κ1) is 21.8. The first-order chi connectivity index (χ1) is 15.6. The molecule has 0 saturated carbocycles. The van der Waals surface area contributed by atoms with Crippen molar-refractivity contribution in [3.05, 3.63) is 65.3 Å². The Bertz CT molecular complexity index is 1230. The minimum atomic E-state index is 0.407. The predicted octanol–water partition coefficient (Wildman–Crippen LogP) is 4.88. The summed E-state index contributed by atoms with van der Waals surface area (Å²) in [4.78, 5) is 21.8. The number of anilines is 3. The van der Waals surface area contributed by atoms with Gasteiger partial charge in [-0.15, -0.1) is 0 Å². The molecule has 0 saturated heterocycles. The Kier molecular flexibility index (Phi) is 6.67. The van der Waals surface area contributed by atoms with Gasteiger partial charge in [-0.2, -0.15) is 0 Å². The van der Waals surface area contributed by atoms with E-state index in [2.05, 4.69) is 26.2 Å². The van der Waals surface area contributed by atoms with Crippen molar-refractivity contribution in [2.24, 2.45) is 7.05 Å². The van der Waals surface area contributed by atoms with Gasteiger partial charge >= 0.3 is 0 Å². The van der Waals surface area contributed by atoms with Gasteiger partial charge < -0.3 is 19.4 Å². The number of nitrogens with zero attached hydrogens (tertiary/aromatic N) is 4. The van der Waals surface area contributed by atoms with Crippen LogP contribution in [0.5, 0.6) is 11.5 Å². The van der Waals surface area contributed by atoms with E-state index in [0.29, 0.717) is 30.5 Å². The molecule has 0 aliphatic carbocycles. The van der Waals surface area contributed by atoms with Gasteiger partial charge in [0, 0.05) is 42.6 Å². The van der Waals surface area contributed by atoms with E-state index >= 15 is 0 Å². The number of hydrogen-bond acceptors (Lipinski definition) is 6. The lowest BCUT2D eigenvalue weighted by molar-refractivity contribution is -0.107. The number of methoxy groups -OCH3 is 1. The lowest BCUT2D eigenvalue weighted by atomic mass is 10.3. The molecule has 0 fully saturated rings. The maximum Gasteiger partial charge on any atom is 0.215 e. The second-order valence-corrected chi connectivity index (χ2v) is 7.94. The van der Waals surface area contributed by atoms with Gasteiger partial charge in [-0.05, 0) is 42.5 Å². The van der Waals surface area contributed by atoms with Crippen LogP contribution in [-0.4, -0.2) is 41.2 Å². The number of nitrogens with one attached hydrogen (secondary N) is 1. The van der Waals surface area contributed by atoms with Gasteiger partial charge in [0.15, 0.2) is 0 Å². The number of rotatable bonds is 9. The second-order valence-electron chi connectivity index (χ2n) is 7.02. The molecule has 2 aromatic heterocycles.